The van der Waals surface area contributed by atoms with Crippen molar-refractivity contribution in [3.8, 4) is 0 Å². The Morgan fingerprint density at radius 2 is 1.79 bits per heavy atom. The van der Waals surface area contributed by atoms with Crippen LogP contribution in [0, 0.1) is 0 Å². The molecule has 0 amide bonds. The molecule has 0 saturated carbocycles. The van der Waals surface area contributed by atoms with Gasteiger partial charge in [0.05, 0.1) is 11.6 Å². The van der Waals surface area contributed by atoms with Gasteiger partial charge in [-0.25, -0.2) is 4.79 Å². The minimum Gasteiger partial charge on any atom is -0.478 e. The van der Waals surface area contributed by atoms with Crippen molar-refractivity contribution in [1.82, 2.24) is 5.32 Å². The first-order valence-electron chi connectivity index (χ1n) is 5.88. The van der Waals surface area contributed by atoms with E-state index in [1.54, 1.807) is 12.1 Å². The van der Waals surface area contributed by atoms with Gasteiger partial charge in [-0.2, -0.15) is 0 Å². The molecule has 2 N–H and O–H groups in total. The van der Waals surface area contributed by atoms with Crippen molar-refractivity contribution in [2.45, 2.75) is 6.04 Å². The average Bonchev–Trinajstić information content (AvgIpc) is 2.42. The van der Waals surface area contributed by atoms with E-state index in [9.17, 15) is 4.79 Å². The number of aromatic carboxylic acids is 1. The fourth-order valence-electron chi connectivity index (χ4n) is 2.03. The highest BCUT2D eigenvalue weighted by Gasteiger charge is 2.14. The van der Waals surface area contributed by atoms with Crippen molar-refractivity contribution in [3.05, 3.63) is 69.7 Å². The lowest BCUT2D eigenvalue weighted by atomic mass is 9.98. The molecule has 0 aromatic heterocycles. The predicted molar refractivity (Wildman–Crippen MR) is 78.4 cm³/mol. The highest BCUT2D eigenvalue weighted by atomic mass is 79.9. The van der Waals surface area contributed by atoms with Crippen molar-refractivity contribution in [3.63, 3.8) is 0 Å². The Labute approximate surface area is 120 Å². The van der Waals surface area contributed by atoms with E-state index < -0.39 is 5.97 Å². The largest absolute Gasteiger partial charge is 0.478 e. The van der Waals surface area contributed by atoms with Crippen molar-refractivity contribution >= 4 is 21.9 Å². The SMILES string of the molecule is CNC(c1ccc(C(=O)O)cc1)c1ccccc1Br. The Morgan fingerprint density at radius 1 is 1.16 bits per heavy atom. The lowest BCUT2D eigenvalue weighted by Gasteiger charge is -2.18. The van der Waals surface area contributed by atoms with Gasteiger partial charge in [-0.3, -0.25) is 0 Å². The third kappa shape index (κ3) is 3.03. The van der Waals surface area contributed by atoms with Gasteiger partial charge in [0.15, 0.2) is 0 Å². The van der Waals surface area contributed by atoms with E-state index in [4.69, 9.17) is 5.11 Å². The summed E-state index contributed by atoms with van der Waals surface area (Å²) in [5.74, 6) is -0.909. The van der Waals surface area contributed by atoms with Crippen molar-refractivity contribution in [2.75, 3.05) is 7.05 Å². The van der Waals surface area contributed by atoms with Crippen LogP contribution in [0.1, 0.15) is 27.5 Å². The van der Waals surface area contributed by atoms with Gasteiger partial charge in [0.25, 0.3) is 0 Å². The summed E-state index contributed by atoms with van der Waals surface area (Å²) in [6, 6.07) is 14.9. The number of carbonyl (C=O) groups is 1. The number of hydrogen-bond donors (Lipinski definition) is 2. The van der Waals surface area contributed by atoms with Crippen molar-refractivity contribution in [2.24, 2.45) is 0 Å². The Morgan fingerprint density at radius 3 is 2.32 bits per heavy atom. The lowest BCUT2D eigenvalue weighted by molar-refractivity contribution is 0.0697. The molecule has 0 bridgehead atoms. The maximum absolute atomic E-state index is 10.9. The fraction of sp³-hybridized carbons (Fsp3) is 0.133. The second kappa shape index (κ2) is 5.99. The van der Waals surface area contributed by atoms with E-state index in [1.165, 1.54) is 0 Å². The van der Waals surface area contributed by atoms with Gasteiger partial charge < -0.3 is 10.4 Å². The van der Waals surface area contributed by atoms with E-state index >= 15 is 0 Å². The summed E-state index contributed by atoms with van der Waals surface area (Å²) in [5, 5.41) is 12.2. The molecular weight excluding hydrogens is 306 g/mol. The molecule has 0 heterocycles. The summed E-state index contributed by atoms with van der Waals surface area (Å²) >= 11 is 3.54. The van der Waals surface area contributed by atoms with Crippen LogP contribution in [0.5, 0.6) is 0 Å². The number of benzene rings is 2. The Kier molecular flexibility index (Phi) is 4.35. The zero-order valence-electron chi connectivity index (χ0n) is 10.4. The van der Waals surface area contributed by atoms with Crippen LogP contribution >= 0.6 is 15.9 Å². The second-order valence-electron chi connectivity index (χ2n) is 4.17. The van der Waals surface area contributed by atoms with E-state index in [0.717, 1.165) is 15.6 Å². The van der Waals surface area contributed by atoms with Gasteiger partial charge in [0.2, 0.25) is 0 Å². The molecular formula is C15H14BrNO2. The Bertz CT molecular complexity index is 581. The predicted octanol–water partition coefficient (Wildman–Crippen LogP) is 3.46. The number of carboxylic acids is 1. The molecule has 2 aromatic carbocycles. The Hall–Kier alpha value is -1.65. The lowest BCUT2D eigenvalue weighted by Crippen LogP contribution is -2.18. The van der Waals surface area contributed by atoms with Crippen LogP contribution in [0.15, 0.2) is 53.0 Å². The maximum atomic E-state index is 10.9. The molecule has 1 unspecified atom stereocenters. The van der Waals surface area contributed by atoms with Gasteiger partial charge in [-0.15, -0.1) is 0 Å². The van der Waals surface area contributed by atoms with Crippen molar-refractivity contribution < 1.29 is 9.90 Å². The molecule has 19 heavy (non-hydrogen) atoms. The molecule has 0 aliphatic carbocycles. The highest BCUT2D eigenvalue weighted by Crippen LogP contribution is 2.28. The van der Waals surface area contributed by atoms with Crippen LogP contribution in [0.4, 0.5) is 0 Å². The molecule has 0 saturated heterocycles. The van der Waals surface area contributed by atoms with E-state index in [2.05, 4.69) is 21.2 Å². The molecule has 3 nitrogen and oxygen atoms in total. The van der Waals surface area contributed by atoms with E-state index in [0.29, 0.717) is 5.56 Å². The van der Waals surface area contributed by atoms with Gasteiger partial charge in [0.1, 0.15) is 0 Å². The molecule has 2 aromatic rings. The molecule has 98 valence electrons. The third-order valence-corrected chi connectivity index (χ3v) is 3.72. The Balaban J connectivity index is 2.37. The standard InChI is InChI=1S/C15H14BrNO2/c1-17-14(12-4-2-3-5-13(12)16)10-6-8-11(9-7-10)15(18)19/h2-9,14,17H,1H3,(H,18,19). The first-order valence-corrected chi connectivity index (χ1v) is 6.67. The minimum absolute atomic E-state index is 0.0263. The van der Waals surface area contributed by atoms with Crippen molar-refractivity contribution in [1.29, 1.82) is 0 Å². The fourth-order valence-corrected chi connectivity index (χ4v) is 2.54. The summed E-state index contributed by atoms with van der Waals surface area (Å²) in [7, 11) is 1.88. The zero-order chi connectivity index (χ0) is 13.8. The summed E-state index contributed by atoms with van der Waals surface area (Å²) in [6.07, 6.45) is 0. The van der Waals surface area contributed by atoms with Gasteiger partial charge in [-0.1, -0.05) is 46.3 Å². The average molecular weight is 320 g/mol. The topological polar surface area (TPSA) is 49.3 Å². The number of hydrogen-bond acceptors (Lipinski definition) is 2. The number of rotatable bonds is 4. The normalized spacial score (nSPS) is 12.1. The molecule has 2 rings (SSSR count). The molecule has 0 aliphatic rings. The molecule has 0 aliphatic heterocycles. The van der Waals surface area contributed by atoms with Crippen LogP contribution in [0.2, 0.25) is 0 Å². The number of nitrogens with one attached hydrogen (secondary N) is 1. The quantitative estimate of drug-likeness (QED) is 0.907. The van der Waals surface area contributed by atoms with Gasteiger partial charge in [0, 0.05) is 4.47 Å². The first kappa shape index (κ1) is 13.8. The van der Waals surface area contributed by atoms with Crippen LogP contribution in [0.3, 0.4) is 0 Å². The summed E-state index contributed by atoms with van der Waals surface area (Å²) in [4.78, 5) is 10.9. The summed E-state index contributed by atoms with van der Waals surface area (Å²) in [6.45, 7) is 0. The van der Waals surface area contributed by atoms with Crippen LogP contribution in [-0.2, 0) is 0 Å². The summed E-state index contributed by atoms with van der Waals surface area (Å²) in [5.41, 5.74) is 2.44. The van der Waals surface area contributed by atoms with Crippen LogP contribution in [0.25, 0.3) is 0 Å². The summed E-state index contributed by atoms with van der Waals surface area (Å²) < 4.78 is 1.02. The first-order chi connectivity index (χ1) is 9.13. The highest BCUT2D eigenvalue weighted by molar-refractivity contribution is 9.10. The molecule has 0 spiro atoms. The minimum atomic E-state index is -0.909. The monoisotopic (exact) mass is 319 g/mol. The number of carboxylic acid groups (broad SMARTS) is 1. The second-order valence-corrected chi connectivity index (χ2v) is 5.02. The van der Waals surface area contributed by atoms with E-state index in [1.807, 2.05) is 43.4 Å². The maximum Gasteiger partial charge on any atom is 0.335 e. The van der Waals surface area contributed by atoms with E-state index in [-0.39, 0.29) is 6.04 Å². The van der Waals surface area contributed by atoms with Gasteiger partial charge >= 0.3 is 5.97 Å². The number of halogens is 1. The molecule has 1 atom stereocenters. The molecule has 4 heteroatoms. The zero-order valence-corrected chi connectivity index (χ0v) is 12.0. The van der Waals surface area contributed by atoms with Gasteiger partial charge in [-0.05, 0) is 36.4 Å². The molecule has 0 radical (unpaired) electrons. The smallest absolute Gasteiger partial charge is 0.335 e. The van der Waals surface area contributed by atoms with Crippen LogP contribution in [-0.4, -0.2) is 18.1 Å². The molecule has 0 fully saturated rings. The van der Waals surface area contributed by atoms with Crippen LogP contribution < -0.4 is 5.32 Å². The third-order valence-electron chi connectivity index (χ3n) is 3.00.